The van der Waals surface area contributed by atoms with Gasteiger partial charge >= 0.3 is 7.48 Å². The molecule has 4 aromatic carbocycles. The Labute approximate surface area is 213 Å². The number of benzene rings is 4. The quantitative estimate of drug-likeness (QED) is 0.256. The van der Waals surface area contributed by atoms with E-state index >= 15 is 0 Å². The summed E-state index contributed by atoms with van der Waals surface area (Å²) in [5, 5.41) is 16.3. The number of thiazole rings is 1. The molecule has 0 spiro atoms. The Morgan fingerprint density at radius 2 is 1.57 bits per heavy atom. The van der Waals surface area contributed by atoms with Crippen molar-refractivity contribution in [1.82, 2.24) is 4.98 Å². The minimum absolute atomic E-state index is 0.695. The van der Waals surface area contributed by atoms with Gasteiger partial charge in [-0.25, -0.2) is 4.98 Å². The van der Waals surface area contributed by atoms with Gasteiger partial charge in [-0.05, 0) is 57.3 Å². The lowest BCUT2D eigenvalue weighted by Crippen LogP contribution is -2.49. The van der Waals surface area contributed by atoms with Gasteiger partial charge in [-0.1, -0.05) is 54.0 Å². The normalized spacial score (nSPS) is 12.8. The summed E-state index contributed by atoms with van der Waals surface area (Å²) >= 11 is 3.53. The highest BCUT2D eigenvalue weighted by Gasteiger charge is 2.35. The summed E-state index contributed by atoms with van der Waals surface area (Å²) in [5.41, 5.74) is 1.56. The lowest BCUT2D eigenvalue weighted by molar-refractivity contribution is -0.0893. The van der Waals surface area contributed by atoms with E-state index in [9.17, 15) is 5.11 Å². The van der Waals surface area contributed by atoms with Crippen molar-refractivity contribution in [2.24, 2.45) is 0 Å². The maximum absolute atomic E-state index is 10.4. The van der Waals surface area contributed by atoms with Gasteiger partial charge in [0.05, 0.1) is 21.4 Å². The molecule has 0 aliphatic heterocycles. The van der Waals surface area contributed by atoms with Crippen molar-refractivity contribution >= 4 is 76.8 Å². The molecule has 0 aliphatic rings. The van der Waals surface area contributed by atoms with E-state index in [0.717, 1.165) is 21.6 Å². The van der Waals surface area contributed by atoms with Crippen LogP contribution < -0.4 is 5.46 Å². The van der Waals surface area contributed by atoms with Gasteiger partial charge < -0.3 is 9.76 Å². The van der Waals surface area contributed by atoms with E-state index in [0.29, 0.717) is 0 Å². The van der Waals surface area contributed by atoms with Gasteiger partial charge in [-0.15, -0.1) is 22.7 Å². The minimum Gasteiger partial charge on any atom is -0.427 e. The van der Waals surface area contributed by atoms with E-state index in [2.05, 4.69) is 72.8 Å². The number of thiophene rings is 1. The summed E-state index contributed by atoms with van der Waals surface area (Å²) in [5.74, 6) is 0. The molecule has 173 valence electrons. The smallest absolute Gasteiger partial charge is 0.330 e. The molecular weight excluding hydrogens is 469 g/mol. The van der Waals surface area contributed by atoms with Gasteiger partial charge in [0.15, 0.2) is 0 Å². The van der Waals surface area contributed by atoms with Crippen LogP contribution >= 0.6 is 22.7 Å². The zero-order chi connectivity index (χ0) is 24.4. The molecule has 3 nitrogen and oxygen atoms in total. The summed E-state index contributed by atoms with van der Waals surface area (Å²) in [6.45, 7) is 7.32. The molecule has 0 amide bonds. The third-order valence-electron chi connectivity index (χ3n) is 6.99. The Hall–Kier alpha value is -2.77. The monoisotopic (exact) mass is 494 g/mol. The molecule has 0 fully saturated rings. The minimum atomic E-state index is -0.950. The SMILES string of the molecule is CC(C)(O)C(C)(C)O[B]c1ccc2c(c1)sc1ccc(-c3nc4c(ccc5ccccc54)s3)cc12. The van der Waals surface area contributed by atoms with Crippen molar-refractivity contribution in [1.29, 1.82) is 0 Å². The number of rotatable bonds is 5. The highest BCUT2D eigenvalue weighted by atomic mass is 32.1. The number of aromatic nitrogens is 1. The van der Waals surface area contributed by atoms with E-state index in [-0.39, 0.29) is 0 Å². The molecule has 35 heavy (non-hydrogen) atoms. The van der Waals surface area contributed by atoms with Gasteiger partial charge in [-0.3, -0.25) is 0 Å². The average molecular weight is 494 g/mol. The van der Waals surface area contributed by atoms with Crippen molar-refractivity contribution in [3.63, 3.8) is 0 Å². The van der Waals surface area contributed by atoms with Gasteiger partial charge in [0, 0.05) is 31.1 Å². The molecular formula is C29H25BNO2S2. The topological polar surface area (TPSA) is 42.4 Å². The van der Waals surface area contributed by atoms with Crippen molar-refractivity contribution in [2.45, 2.75) is 38.9 Å². The molecule has 2 heterocycles. The third kappa shape index (κ3) is 3.95. The fourth-order valence-electron chi connectivity index (χ4n) is 4.14. The molecule has 0 bridgehead atoms. The molecule has 6 aromatic rings. The largest absolute Gasteiger partial charge is 0.427 e. The lowest BCUT2D eigenvalue weighted by Gasteiger charge is -2.37. The van der Waals surface area contributed by atoms with Crippen molar-refractivity contribution in [2.75, 3.05) is 0 Å². The second kappa shape index (κ2) is 8.14. The van der Waals surface area contributed by atoms with Gasteiger partial charge in [-0.2, -0.15) is 0 Å². The van der Waals surface area contributed by atoms with Crippen LogP contribution in [0.4, 0.5) is 0 Å². The molecule has 1 radical (unpaired) electrons. The number of nitrogens with zero attached hydrogens (tertiary/aromatic N) is 1. The molecule has 6 rings (SSSR count). The Morgan fingerprint density at radius 3 is 2.40 bits per heavy atom. The van der Waals surface area contributed by atoms with Gasteiger partial charge in [0.1, 0.15) is 5.01 Å². The van der Waals surface area contributed by atoms with Gasteiger partial charge in [0.2, 0.25) is 0 Å². The lowest BCUT2D eigenvalue weighted by atomic mass is 9.82. The van der Waals surface area contributed by atoms with Crippen LogP contribution in [0.15, 0.2) is 72.8 Å². The van der Waals surface area contributed by atoms with Crippen LogP contribution in [0, 0.1) is 0 Å². The number of hydrogen-bond acceptors (Lipinski definition) is 5. The predicted molar refractivity (Wildman–Crippen MR) is 152 cm³/mol. The molecule has 0 saturated heterocycles. The summed E-state index contributed by atoms with van der Waals surface area (Å²) < 4.78 is 9.64. The Morgan fingerprint density at radius 1 is 0.771 bits per heavy atom. The van der Waals surface area contributed by atoms with Crippen molar-refractivity contribution < 1.29 is 9.76 Å². The second-order valence-corrected chi connectivity index (χ2v) is 12.1. The first-order valence-electron chi connectivity index (χ1n) is 11.7. The van der Waals surface area contributed by atoms with Crippen LogP contribution in [0.25, 0.3) is 51.7 Å². The fourth-order valence-corrected chi connectivity index (χ4v) is 6.26. The summed E-state index contributed by atoms with van der Waals surface area (Å²) in [6, 6.07) is 25.8. The van der Waals surface area contributed by atoms with Crippen LogP contribution in [0.1, 0.15) is 27.7 Å². The highest BCUT2D eigenvalue weighted by molar-refractivity contribution is 7.26. The fraction of sp³-hybridized carbons (Fsp3) is 0.207. The Kier molecular flexibility index (Phi) is 5.27. The van der Waals surface area contributed by atoms with Crippen LogP contribution in [0.5, 0.6) is 0 Å². The van der Waals surface area contributed by atoms with Crippen molar-refractivity contribution in [3.8, 4) is 10.6 Å². The van der Waals surface area contributed by atoms with Crippen LogP contribution in [0.3, 0.4) is 0 Å². The molecule has 6 heteroatoms. The second-order valence-electron chi connectivity index (χ2n) is 10.0. The Balaban J connectivity index is 1.37. The van der Waals surface area contributed by atoms with E-state index in [1.807, 2.05) is 13.8 Å². The molecule has 0 atom stereocenters. The zero-order valence-electron chi connectivity index (χ0n) is 20.1. The molecule has 1 N–H and O–H groups in total. The maximum Gasteiger partial charge on any atom is 0.330 e. The number of fused-ring (bicyclic) bond motifs is 6. The Bertz CT molecular complexity index is 1730. The number of hydrogen-bond donors (Lipinski definition) is 1. The van der Waals surface area contributed by atoms with E-state index < -0.39 is 11.2 Å². The first-order valence-corrected chi connectivity index (χ1v) is 13.3. The summed E-state index contributed by atoms with van der Waals surface area (Å²) in [7, 11) is 1.75. The molecule has 2 aromatic heterocycles. The van der Waals surface area contributed by atoms with E-state index in [4.69, 9.17) is 9.64 Å². The van der Waals surface area contributed by atoms with Gasteiger partial charge in [0.25, 0.3) is 0 Å². The number of aliphatic hydroxyl groups is 1. The molecule has 0 unspecified atom stereocenters. The first kappa shape index (κ1) is 22.7. The first-order chi connectivity index (χ1) is 16.7. The van der Waals surface area contributed by atoms with Crippen molar-refractivity contribution in [3.05, 3.63) is 72.8 Å². The van der Waals surface area contributed by atoms with E-state index in [1.54, 1.807) is 44.0 Å². The maximum atomic E-state index is 10.4. The zero-order valence-corrected chi connectivity index (χ0v) is 21.8. The molecule has 0 saturated carbocycles. The predicted octanol–water partition coefficient (Wildman–Crippen LogP) is 7.30. The highest BCUT2D eigenvalue weighted by Crippen LogP contribution is 2.39. The van der Waals surface area contributed by atoms with Crippen LogP contribution in [-0.2, 0) is 4.65 Å². The summed E-state index contributed by atoms with van der Waals surface area (Å²) in [6.07, 6.45) is 0. The third-order valence-corrected chi connectivity index (χ3v) is 9.19. The standard InChI is InChI=1S/C29H25BNO2S2/c1-28(2,32)29(3,4)33-30-19-11-12-21-22-15-18(10-13-23(22)34-25(21)16-19)27-31-26-20-8-6-5-7-17(20)9-14-24(26)35-27/h5-16,32H,1-4H3. The van der Waals surface area contributed by atoms with E-state index in [1.165, 1.54) is 35.6 Å². The van der Waals surface area contributed by atoms with Crippen LogP contribution in [-0.4, -0.2) is 28.8 Å². The molecule has 0 aliphatic carbocycles. The summed E-state index contributed by atoms with van der Waals surface area (Å²) in [4.78, 5) is 5.04. The van der Waals surface area contributed by atoms with Crippen LogP contribution in [0.2, 0.25) is 0 Å². The average Bonchev–Trinajstić information content (AvgIpc) is 3.43.